The molecule has 5 aliphatic carbocycles. The number of Topliss-reactive ketones (excluding diaryl/α,β-unsaturated/α-hetero) is 1. The zero-order chi connectivity index (χ0) is 28.1. The van der Waals surface area contributed by atoms with Crippen molar-refractivity contribution < 1.29 is 19.1 Å². The summed E-state index contributed by atoms with van der Waals surface area (Å²) in [5.41, 5.74) is -0.812. The molecule has 0 heterocycles. The number of nitriles is 1. The molecular weight excluding hydrogens is 476 g/mol. The van der Waals surface area contributed by atoms with Crippen molar-refractivity contribution in [1.82, 2.24) is 5.32 Å². The fraction of sp³-hybridized carbons (Fsp3) is 0.750. The van der Waals surface area contributed by atoms with Gasteiger partial charge in [-0.2, -0.15) is 5.26 Å². The molecule has 0 aromatic carbocycles. The predicted octanol–water partition coefficient (Wildman–Crippen LogP) is 6.31. The molecule has 0 bridgehead atoms. The molecule has 0 spiro atoms. The maximum absolute atomic E-state index is 14.4. The SMILES string of the molecule is COC(=O)N[C@]12CCC(C)(C)CC1C1C(=O)C=C3[C@@]4(C)C=C(C#N)C(=O)C(C)(C)C4CC[C@@]3(C)[C@]1(C)CC2. The van der Waals surface area contributed by atoms with E-state index in [2.05, 4.69) is 46.0 Å². The van der Waals surface area contributed by atoms with Crippen LogP contribution in [0.5, 0.6) is 0 Å². The first kappa shape index (κ1) is 27.2. The summed E-state index contributed by atoms with van der Waals surface area (Å²) < 4.78 is 5.06. The van der Waals surface area contributed by atoms with Crippen molar-refractivity contribution in [3.05, 3.63) is 23.3 Å². The van der Waals surface area contributed by atoms with Crippen LogP contribution in [0.15, 0.2) is 23.3 Å². The molecule has 0 aromatic heterocycles. The van der Waals surface area contributed by atoms with Gasteiger partial charge in [-0.1, -0.05) is 60.1 Å². The number of hydrogen-bond donors (Lipinski definition) is 1. The highest BCUT2D eigenvalue weighted by atomic mass is 16.5. The van der Waals surface area contributed by atoms with Gasteiger partial charge in [-0.05, 0) is 79.1 Å². The van der Waals surface area contributed by atoms with Gasteiger partial charge in [0.05, 0.1) is 12.7 Å². The molecule has 38 heavy (non-hydrogen) atoms. The molecule has 0 aliphatic heterocycles. The van der Waals surface area contributed by atoms with Crippen LogP contribution in [-0.2, 0) is 14.3 Å². The van der Waals surface area contributed by atoms with E-state index in [0.29, 0.717) is 0 Å². The van der Waals surface area contributed by atoms with Gasteiger partial charge in [0, 0.05) is 22.3 Å². The van der Waals surface area contributed by atoms with E-state index in [1.165, 1.54) is 7.11 Å². The molecule has 3 saturated carbocycles. The number of amides is 1. The summed E-state index contributed by atoms with van der Waals surface area (Å²) in [5.74, 6) is -0.101. The summed E-state index contributed by atoms with van der Waals surface area (Å²) in [7, 11) is 1.40. The fourth-order valence-electron chi connectivity index (χ4n) is 10.1. The van der Waals surface area contributed by atoms with Gasteiger partial charge < -0.3 is 10.1 Å². The van der Waals surface area contributed by atoms with E-state index in [1.807, 2.05) is 26.0 Å². The molecule has 6 heteroatoms. The van der Waals surface area contributed by atoms with Gasteiger partial charge in [0.25, 0.3) is 0 Å². The monoisotopic (exact) mass is 520 g/mol. The fourth-order valence-corrected chi connectivity index (χ4v) is 10.1. The molecule has 1 N–H and O–H groups in total. The van der Waals surface area contributed by atoms with Crippen molar-refractivity contribution in [2.45, 2.75) is 99.0 Å². The van der Waals surface area contributed by atoms with Crippen LogP contribution < -0.4 is 5.32 Å². The average molecular weight is 521 g/mol. The number of nitrogens with zero attached hydrogens (tertiary/aromatic N) is 1. The van der Waals surface area contributed by atoms with Gasteiger partial charge >= 0.3 is 6.09 Å². The number of alkyl carbamates (subject to hydrolysis) is 1. The Morgan fingerprint density at radius 2 is 1.68 bits per heavy atom. The maximum atomic E-state index is 14.4. The molecule has 0 saturated heterocycles. The Kier molecular flexibility index (Phi) is 5.76. The van der Waals surface area contributed by atoms with E-state index in [9.17, 15) is 19.6 Å². The van der Waals surface area contributed by atoms with Crippen molar-refractivity contribution in [1.29, 1.82) is 5.26 Å². The Labute approximate surface area is 227 Å². The number of carbonyl (C=O) groups excluding carboxylic acids is 3. The molecule has 206 valence electrons. The van der Waals surface area contributed by atoms with Crippen molar-refractivity contribution >= 4 is 17.7 Å². The quantitative estimate of drug-likeness (QED) is 0.437. The molecular formula is C32H44N2O4. The molecule has 6 nitrogen and oxygen atoms in total. The number of hydrogen-bond acceptors (Lipinski definition) is 5. The normalized spacial score (nSPS) is 44.7. The van der Waals surface area contributed by atoms with E-state index < -0.39 is 22.5 Å². The van der Waals surface area contributed by atoms with Gasteiger partial charge in [-0.25, -0.2) is 4.79 Å². The Morgan fingerprint density at radius 1 is 1.03 bits per heavy atom. The summed E-state index contributed by atoms with van der Waals surface area (Å²) in [4.78, 5) is 40.2. The molecule has 1 amide bonds. The molecule has 5 rings (SSSR count). The van der Waals surface area contributed by atoms with Crippen LogP contribution in [0.4, 0.5) is 4.79 Å². The van der Waals surface area contributed by atoms with Gasteiger partial charge in [0.2, 0.25) is 0 Å². The molecule has 7 atom stereocenters. The molecule has 0 radical (unpaired) electrons. The third-order valence-electron chi connectivity index (χ3n) is 12.4. The minimum Gasteiger partial charge on any atom is -0.453 e. The van der Waals surface area contributed by atoms with E-state index in [0.717, 1.165) is 50.5 Å². The van der Waals surface area contributed by atoms with Crippen LogP contribution in [0.1, 0.15) is 93.4 Å². The molecule has 3 fully saturated rings. The highest BCUT2D eigenvalue weighted by Crippen LogP contribution is 2.73. The molecule has 0 aromatic rings. The lowest BCUT2D eigenvalue weighted by molar-refractivity contribution is -0.160. The molecule has 3 unspecified atom stereocenters. The van der Waals surface area contributed by atoms with Gasteiger partial charge in [0.1, 0.15) is 6.07 Å². The van der Waals surface area contributed by atoms with Crippen LogP contribution >= 0.6 is 0 Å². The third kappa shape index (κ3) is 3.32. The first-order chi connectivity index (χ1) is 17.5. The lowest BCUT2D eigenvalue weighted by Crippen LogP contribution is -2.69. The standard InChI is InChI=1S/C32H44N2O4/c1-27(2)11-13-32(34-26(37)38-8)14-12-31(7)24(20(32)17-27)21(35)15-23-29(5)16-19(18-33)25(36)28(3,4)22(29)9-10-30(23,31)6/h15-16,20,22,24H,9-14,17H2,1-8H3,(H,34,37)/t20?,22?,24?,29-,30+,31+,32-/m0/s1. The Hall–Kier alpha value is -2.42. The van der Waals surface area contributed by atoms with E-state index in [1.54, 1.807) is 0 Å². The molecule has 5 aliphatic rings. The van der Waals surface area contributed by atoms with E-state index in [4.69, 9.17) is 4.74 Å². The van der Waals surface area contributed by atoms with Crippen LogP contribution in [0.3, 0.4) is 0 Å². The van der Waals surface area contributed by atoms with Crippen molar-refractivity contribution in [3.63, 3.8) is 0 Å². The summed E-state index contributed by atoms with van der Waals surface area (Å²) in [6.07, 6.45) is 9.52. The number of allylic oxidation sites excluding steroid dienone is 4. The second-order valence-corrected chi connectivity index (χ2v) is 15.0. The Bertz CT molecular complexity index is 1220. The summed E-state index contributed by atoms with van der Waals surface area (Å²) in [6.45, 7) is 15.3. The van der Waals surface area contributed by atoms with E-state index >= 15 is 0 Å². The van der Waals surface area contributed by atoms with Crippen molar-refractivity contribution in [3.8, 4) is 6.07 Å². The van der Waals surface area contributed by atoms with Crippen LogP contribution in [-0.4, -0.2) is 30.3 Å². The Morgan fingerprint density at radius 3 is 2.32 bits per heavy atom. The van der Waals surface area contributed by atoms with Gasteiger partial charge in [0.15, 0.2) is 11.6 Å². The zero-order valence-electron chi connectivity index (χ0n) is 24.4. The summed E-state index contributed by atoms with van der Waals surface area (Å²) >= 11 is 0. The number of methoxy groups -OCH3 is 1. The smallest absolute Gasteiger partial charge is 0.407 e. The number of fused-ring (bicyclic) bond motifs is 7. The second kappa shape index (κ2) is 8.05. The first-order valence-electron chi connectivity index (χ1n) is 14.3. The largest absolute Gasteiger partial charge is 0.453 e. The predicted molar refractivity (Wildman–Crippen MR) is 145 cm³/mol. The average Bonchev–Trinajstić information content (AvgIpc) is 2.83. The highest BCUT2D eigenvalue weighted by Gasteiger charge is 2.70. The van der Waals surface area contributed by atoms with E-state index in [-0.39, 0.29) is 51.1 Å². The third-order valence-corrected chi connectivity index (χ3v) is 12.4. The number of ketones is 2. The number of carbonyl (C=O) groups is 3. The summed E-state index contributed by atoms with van der Waals surface area (Å²) in [5, 5.41) is 13.1. The van der Waals surface area contributed by atoms with Crippen LogP contribution in [0.2, 0.25) is 0 Å². The maximum Gasteiger partial charge on any atom is 0.407 e. The van der Waals surface area contributed by atoms with Crippen LogP contribution in [0, 0.1) is 56.2 Å². The minimum absolute atomic E-state index is 0.0198. The second-order valence-electron chi connectivity index (χ2n) is 15.0. The van der Waals surface area contributed by atoms with Gasteiger partial charge in [-0.3, -0.25) is 9.59 Å². The number of nitrogens with one attached hydrogen (secondary N) is 1. The summed E-state index contributed by atoms with van der Waals surface area (Å²) in [6, 6.07) is 2.17. The number of ether oxygens (including phenoxy) is 1. The lowest BCUT2D eigenvalue weighted by atomic mass is 9.35. The minimum atomic E-state index is -0.670. The first-order valence-corrected chi connectivity index (χ1v) is 14.3. The topological polar surface area (TPSA) is 96.3 Å². The highest BCUT2D eigenvalue weighted by molar-refractivity contribution is 6.04. The van der Waals surface area contributed by atoms with Gasteiger partial charge in [-0.15, -0.1) is 0 Å². The van der Waals surface area contributed by atoms with Crippen LogP contribution in [0.25, 0.3) is 0 Å². The number of rotatable bonds is 1. The Balaban J connectivity index is 1.68. The van der Waals surface area contributed by atoms with Crippen molar-refractivity contribution in [2.75, 3.05) is 7.11 Å². The van der Waals surface area contributed by atoms with Crippen molar-refractivity contribution in [2.24, 2.45) is 44.8 Å². The zero-order valence-corrected chi connectivity index (χ0v) is 24.4. The lowest BCUT2D eigenvalue weighted by Gasteiger charge is -2.69.